The summed E-state index contributed by atoms with van der Waals surface area (Å²) >= 11 is 0. The molecule has 1 aliphatic rings. The van der Waals surface area contributed by atoms with Crippen molar-refractivity contribution in [2.75, 3.05) is 5.73 Å². The molecule has 0 bridgehead atoms. The summed E-state index contributed by atoms with van der Waals surface area (Å²) in [4.78, 5) is 0. The van der Waals surface area contributed by atoms with Crippen LogP contribution >= 0.6 is 0 Å². The lowest BCUT2D eigenvalue weighted by Gasteiger charge is -2.27. The number of anilines is 1. The second kappa shape index (κ2) is 4.57. The van der Waals surface area contributed by atoms with Crippen molar-refractivity contribution < 1.29 is 9.13 Å². The van der Waals surface area contributed by atoms with Gasteiger partial charge in [-0.3, -0.25) is 4.68 Å². The number of hydrogen-bond acceptors (Lipinski definition) is 3. The lowest BCUT2D eigenvalue weighted by atomic mass is 9.96. The largest absolute Gasteiger partial charge is 0.490 e. The molecule has 2 N–H and O–H groups in total. The van der Waals surface area contributed by atoms with E-state index in [9.17, 15) is 4.39 Å². The highest BCUT2D eigenvalue weighted by atomic mass is 19.1. The van der Waals surface area contributed by atoms with Crippen LogP contribution in [0.5, 0.6) is 5.75 Å². The Labute approximate surface area is 111 Å². The molecule has 0 aliphatic heterocycles. The Balaban J connectivity index is 1.99. The average molecular weight is 261 g/mol. The molecule has 1 aromatic carbocycles. The molecule has 0 saturated heterocycles. The first kappa shape index (κ1) is 12.0. The molecule has 0 spiro atoms. The first-order chi connectivity index (χ1) is 9.13. The normalized spacial score (nSPS) is 15.3. The molecule has 5 heteroatoms. The fourth-order valence-corrected chi connectivity index (χ4v) is 2.09. The van der Waals surface area contributed by atoms with E-state index in [0.717, 1.165) is 12.8 Å². The number of aryl methyl sites for hydroxylation is 1. The molecule has 2 aromatic rings. The summed E-state index contributed by atoms with van der Waals surface area (Å²) in [5, 5.41) is 4.28. The van der Waals surface area contributed by atoms with Gasteiger partial charge in [0.15, 0.2) is 0 Å². The van der Waals surface area contributed by atoms with Crippen LogP contribution in [-0.4, -0.2) is 15.9 Å². The number of hydrogen-bond donors (Lipinski definition) is 1. The first-order valence-electron chi connectivity index (χ1n) is 6.39. The van der Waals surface area contributed by atoms with E-state index in [2.05, 4.69) is 5.10 Å². The molecule has 1 saturated carbocycles. The van der Waals surface area contributed by atoms with Crippen molar-refractivity contribution in [1.29, 1.82) is 0 Å². The van der Waals surface area contributed by atoms with Crippen LogP contribution in [0.3, 0.4) is 0 Å². The summed E-state index contributed by atoms with van der Waals surface area (Å²) in [6.07, 6.45) is 3.55. The molecule has 0 radical (unpaired) electrons. The van der Waals surface area contributed by atoms with E-state index in [1.54, 1.807) is 23.9 Å². The number of nitrogens with zero attached hydrogens (tertiary/aromatic N) is 2. The minimum atomic E-state index is -0.305. The molecule has 1 aromatic heterocycles. The topological polar surface area (TPSA) is 53.1 Å². The number of rotatable bonds is 3. The van der Waals surface area contributed by atoms with Crippen LogP contribution in [0.2, 0.25) is 0 Å². The Morgan fingerprint density at radius 1 is 1.37 bits per heavy atom. The van der Waals surface area contributed by atoms with Crippen LogP contribution in [0.4, 0.5) is 10.2 Å². The second-order valence-electron chi connectivity index (χ2n) is 4.89. The van der Waals surface area contributed by atoms with Gasteiger partial charge in [-0.15, -0.1) is 0 Å². The summed E-state index contributed by atoms with van der Waals surface area (Å²) in [7, 11) is 1.75. The smallest absolute Gasteiger partial charge is 0.129 e. The van der Waals surface area contributed by atoms with E-state index in [0.29, 0.717) is 22.8 Å². The molecule has 0 unspecified atom stereocenters. The molecule has 0 amide bonds. The highest BCUT2D eigenvalue weighted by Crippen LogP contribution is 2.34. The molecule has 1 heterocycles. The number of ether oxygens (including phenoxy) is 1. The molecule has 19 heavy (non-hydrogen) atoms. The van der Waals surface area contributed by atoms with Crippen molar-refractivity contribution in [2.24, 2.45) is 7.05 Å². The molecule has 3 rings (SSSR count). The summed E-state index contributed by atoms with van der Waals surface area (Å²) in [6.45, 7) is 0. The second-order valence-corrected chi connectivity index (χ2v) is 4.89. The Bertz CT molecular complexity index is 585. The van der Waals surface area contributed by atoms with Gasteiger partial charge in [0.2, 0.25) is 0 Å². The molecule has 1 fully saturated rings. The van der Waals surface area contributed by atoms with Gasteiger partial charge in [0, 0.05) is 18.7 Å². The van der Waals surface area contributed by atoms with Crippen LogP contribution < -0.4 is 10.5 Å². The third-order valence-electron chi connectivity index (χ3n) is 3.48. The highest BCUT2D eigenvalue weighted by Gasteiger charge is 2.21. The third-order valence-corrected chi connectivity index (χ3v) is 3.48. The quantitative estimate of drug-likeness (QED) is 0.924. The molecular weight excluding hydrogens is 245 g/mol. The zero-order valence-electron chi connectivity index (χ0n) is 10.8. The fourth-order valence-electron chi connectivity index (χ4n) is 2.09. The van der Waals surface area contributed by atoms with Gasteiger partial charge >= 0.3 is 0 Å². The monoisotopic (exact) mass is 261 g/mol. The Morgan fingerprint density at radius 3 is 2.74 bits per heavy atom. The van der Waals surface area contributed by atoms with Crippen molar-refractivity contribution in [1.82, 2.24) is 9.78 Å². The predicted molar refractivity (Wildman–Crippen MR) is 71.3 cm³/mol. The van der Waals surface area contributed by atoms with E-state index >= 15 is 0 Å². The van der Waals surface area contributed by atoms with Crippen molar-refractivity contribution in [3.05, 3.63) is 30.1 Å². The molecule has 4 nitrogen and oxygen atoms in total. The van der Waals surface area contributed by atoms with Crippen LogP contribution in [-0.2, 0) is 7.05 Å². The van der Waals surface area contributed by atoms with Gasteiger partial charge < -0.3 is 10.5 Å². The predicted octanol–water partition coefficient (Wildman–Crippen LogP) is 2.74. The highest BCUT2D eigenvalue weighted by molar-refractivity contribution is 5.69. The third kappa shape index (κ3) is 2.28. The lowest BCUT2D eigenvalue weighted by Crippen LogP contribution is -2.24. The summed E-state index contributed by atoms with van der Waals surface area (Å²) in [5.74, 6) is 0.901. The Morgan fingerprint density at radius 2 is 2.16 bits per heavy atom. The molecular formula is C14H16FN3O. The van der Waals surface area contributed by atoms with Gasteiger partial charge in [-0.1, -0.05) is 0 Å². The standard InChI is InChI=1S/C14H16FN3O/c1-18-14(16)8-12(17-18)11-7-9(15)5-6-13(11)19-10-3-2-4-10/h5-8,10H,2-4,16H2,1H3. The van der Waals surface area contributed by atoms with Crippen molar-refractivity contribution in [2.45, 2.75) is 25.4 Å². The fraction of sp³-hybridized carbons (Fsp3) is 0.357. The van der Waals surface area contributed by atoms with Crippen LogP contribution in [0.25, 0.3) is 11.3 Å². The van der Waals surface area contributed by atoms with Crippen LogP contribution in [0, 0.1) is 5.82 Å². The van der Waals surface area contributed by atoms with Gasteiger partial charge in [0.1, 0.15) is 17.4 Å². The Kier molecular flexibility index (Phi) is 2.89. The SMILES string of the molecule is Cn1nc(-c2cc(F)ccc2OC2CCC2)cc1N. The lowest BCUT2D eigenvalue weighted by molar-refractivity contribution is 0.121. The van der Waals surface area contributed by atoms with E-state index < -0.39 is 0 Å². The van der Waals surface area contributed by atoms with Crippen molar-refractivity contribution in [3.8, 4) is 17.0 Å². The Hall–Kier alpha value is -2.04. The zero-order chi connectivity index (χ0) is 13.4. The number of benzene rings is 1. The van der Waals surface area contributed by atoms with Crippen LogP contribution in [0.15, 0.2) is 24.3 Å². The van der Waals surface area contributed by atoms with E-state index in [4.69, 9.17) is 10.5 Å². The molecule has 100 valence electrons. The first-order valence-corrected chi connectivity index (χ1v) is 6.39. The van der Waals surface area contributed by atoms with E-state index in [1.807, 2.05) is 0 Å². The number of nitrogen functional groups attached to an aromatic ring is 1. The van der Waals surface area contributed by atoms with Gasteiger partial charge in [-0.2, -0.15) is 5.10 Å². The average Bonchev–Trinajstić information content (AvgIpc) is 2.65. The van der Waals surface area contributed by atoms with Gasteiger partial charge in [0.05, 0.1) is 11.8 Å². The maximum atomic E-state index is 13.5. The maximum Gasteiger partial charge on any atom is 0.129 e. The van der Waals surface area contributed by atoms with Crippen molar-refractivity contribution in [3.63, 3.8) is 0 Å². The minimum Gasteiger partial charge on any atom is -0.490 e. The summed E-state index contributed by atoms with van der Waals surface area (Å²) < 4.78 is 20.9. The van der Waals surface area contributed by atoms with Crippen LogP contribution in [0.1, 0.15) is 19.3 Å². The number of aromatic nitrogens is 2. The molecule has 1 aliphatic carbocycles. The zero-order valence-corrected chi connectivity index (χ0v) is 10.8. The maximum absolute atomic E-state index is 13.5. The summed E-state index contributed by atoms with van der Waals surface area (Å²) in [5.41, 5.74) is 7.06. The van der Waals surface area contributed by atoms with E-state index in [1.165, 1.54) is 18.6 Å². The van der Waals surface area contributed by atoms with Gasteiger partial charge in [-0.05, 0) is 37.5 Å². The minimum absolute atomic E-state index is 0.241. The van der Waals surface area contributed by atoms with Crippen molar-refractivity contribution >= 4 is 5.82 Å². The van der Waals surface area contributed by atoms with Gasteiger partial charge in [-0.25, -0.2) is 4.39 Å². The number of halogens is 1. The van der Waals surface area contributed by atoms with Gasteiger partial charge in [0.25, 0.3) is 0 Å². The summed E-state index contributed by atoms with van der Waals surface area (Å²) in [6, 6.07) is 6.23. The van der Waals surface area contributed by atoms with E-state index in [-0.39, 0.29) is 11.9 Å². The molecule has 0 atom stereocenters. The number of nitrogens with two attached hydrogens (primary N) is 1.